The smallest absolute Gasteiger partial charge is 0.224 e. The van der Waals surface area contributed by atoms with Crippen molar-refractivity contribution in [3.63, 3.8) is 0 Å². The van der Waals surface area contributed by atoms with Crippen molar-refractivity contribution < 1.29 is 9.18 Å². The molecule has 1 fully saturated rings. The quantitative estimate of drug-likeness (QED) is 0.851. The van der Waals surface area contributed by atoms with Crippen molar-refractivity contribution in [2.45, 2.75) is 31.3 Å². The first-order valence-corrected chi connectivity index (χ1v) is 9.54. The number of nitrogens with two attached hydrogens (primary N) is 1. The Morgan fingerprint density at radius 1 is 1.15 bits per heavy atom. The molecule has 3 rings (SSSR count). The number of amides is 1. The van der Waals surface area contributed by atoms with Gasteiger partial charge in [-0.05, 0) is 37.1 Å². The van der Waals surface area contributed by atoms with Gasteiger partial charge in [-0.3, -0.25) is 4.79 Å². The van der Waals surface area contributed by atoms with E-state index in [0.29, 0.717) is 18.5 Å². The number of carbonyl (C=O) groups is 1. The van der Waals surface area contributed by atoms with Crippen LogP contribution in [0.5, 0.6) is 0 Å². The SMILES string of the molecule is CN1CCN(C(=O)C[C@H](N)Cc2ccccc2F)[C@H](Cc2ccccc2)C1. The van der Waals surface area contributed by atoms with Crippen LogP contribution in [0.4, 0.5) is 4.39 Å². The van der Waals surface area contributed by atoms with E-state index < -0.39 is 0 Å². The van der Waals surface area contributed by atoms with Crippen LogP contribution in [0.25, 0.3) is 0 Å². The lowest BCUT2D eigenvalue weighted by Crippen LogP contribution is -2.55. The standard InChI is InChI=1S/C22H28FN3O/c1-25-11-12-26(20(16-25)13-17-7-3-2-4-8-17)22(27)15-19(24)14-18-9-5-6-10-21(18)23/h2-10,19-20H,11-16,24H2,1H3/t19-,20-/m1/s1. The molecule has 0 unspecified atom stereocenters. The van der Waals surface area contributed by atoms with E-state index >= 15 is 0 Å². The molecule has 1 heterocycles. The van der Waals surface area contributed by atoms with Gasteiger partial charge in [0.05, 0.1) is 0 Å². The van der Waals surface area contributed by atoms with Gasteiger partial charge in [-0.2, -0.15) is 0 Å². The summed E-state index contributed by atoms with van der Waals surface area (Å²) in [4.78, 5) is 17.2. The average molecular weight is 369 g/mol. The van der Waals surface area contributed by atoms with Crippen molar-refractivity contribution in [2.24, 2.45) is 5.73 Å². The molecule has 27 heavy (non-hydrogen) atoms. The summed E-state index contributed by atoms with van der Waals surface area (Å²) in [6, 6.07) is 16.6. The van der Waals surface area contributed by atoms with Crippen LogP contribution < -0.4 is 5.73 Å². The predicted octanol–water partition coefficient (Wildman–Crippen LogP) is 2.47. The van der Waals surface area contributed by atoms with Crippen LogP contribution in [0.3, 0.4) is 0 Å². The third-order valence-electron chi connectivity index (χ3n) is 5.20. The van der Waals surface area contributed by atoms with Crippen LogP contribution in [0.2, 0.25) is 0 Å². The molecule has 1 saturated heterocycles. The second-order valence-corrected chi connectivity index (χ2v) is 7.45. The van der Waals surface area contributed by atoms with Gasteiger partial charge in [0, 0.05) is 38.1 Å². The fourth-order valence-electron chi connectivity index (χ4n) is 3.76. The molecule has 0 spiro atoms. The van der Waals surface area contributed by atoms with Gasteiger partial charge < -0.3 is 15.5 Å². The molecular weight excluding hydrogens is 341 g/mol. The van der Waals surface area contributed by atoms with Crippen LogP contribution in [-0.4, -0.2) is 54.5 Å². The molecular formula is C22H28FN3O. The maximum absolute atomic E-state index is 13.8. The highest BCUT2D eigenvalue weighted by Crippen LogP contribution is 2.17. The zero-order valence-corrected chi connectivity index (χ0v) is 15.9. The lowest BCUT2D eigenvalue weighted by Gasteiger charge is -2.40. The van der Waals surface area contributed by atoms with E-state index in [1.54, 1.807) is 18.2 Å². The van der Waals surface area contributed by atoms with Crippen molar-refractivity contribution in [1.29, 1.82) is 0 Å². The molecule has 5 heteroatoms. The monoisotopic (exact) mass is 369 g/mol. The Bertz CT molecular complexity index is 752. The highest BCUT2D eigenvalue weighted by molar-refractivity contribution is 5.77. The zero-order chi connectivity index (χ0) is 19.2. The summed E-state index contributed by atoms with van der Waals surface area (Å²) >= 11 is 0. The normalized spacial score (nSPS) is 19.1. The molecule has 2 atom stereocenters. The summed E-state index contributed by atoms with van der Waals surface area (Å²) < 4.78 is 13.8. The summed E-state index contributed by atoms with van der Waals surface area (Å²) in [6.07, 6.45) is 1.44. The highest BCUT2D eigenvalue weighted by Gasteiger charge is 2.29. The minimum absolute atomic E-state index is 0.0628. The number of hydrogen-bond acceptors (Lipinski definition) is 3. The number of hydrogen-bond donors (Lipinski definition) is 1. The first-order valence-electron chi connectivity index (χ1n) is 9.54. The Kier molecular flexibility index (Phi) is 6.58. The first-order chi connectivity index (χ1) is 13.0. The van der Waals surface area contributed by atoms with Gasteiger partial charge in [0.15, 0.2) is 0 Å². The zero-order valence-electron chi connectivity index (χ0n) is 15.9. The molecule has 0 aliphatic carbocycles. The number of nitrogens with zero attached hydrogens (tertiary/aromatic N) is 2. The van der Waals surface area contributed by atoms with Crippen molar-refractivity contribution in [1.82, 2.24) is 9.80 Å². The van der Waals surface area contributed by atoms with Gasteiger partial charge in [0.1, 0.15) is 5.82 Å². The molecule has 2 aromatic carbocycles. The maximum Gasteiger partial charge on any atom is 0.224 e. The molecule has 0 bridgehead atoms. The fourth-order valence-corrected chi connectivity index (χ4v) is 3.76. The largest absolute Gasteiger partial charge is 0.337 e. The minimum Gasteiger partial charge on any atom is -0.337 e. The fraction of sp³-hybridized carbons (Fsp3) is 0.409. The number of carbonyl (C=O) groups excluding carboxylic acids is 1. The Morgan fingerprint density at radius 2 is 1.85 bits per heavy atom. The molecule has 0 aromatic heterocycles. The van der Waals surface area contributed by atoms with E-state index in [2.05, 4.69) is 24.1 Å². The highest BCUT2D eigenvalue weighted by atomic mass is 19.1. The summed E-state index contributed by atoms with van der Waals surface area (Å²) in [5.41, 5.74) is 7.98. The number of halogens is 1. The third kappa shape index (κ3) is 5.37. The molecule has 0 saturated carbocycles. The van der Waals surface area contributed by atoms with Crippen LogP contribution >= 0.6 is 0 Å². The lowest BCUT2D eigenvalue weighted by atomic mass is 9.99. The second-order valence-electron chi connectivity index (χ2n) is 7.45. The van der Waals surface area contributed by atoms with Crippen LogP contribution in [0.15, 0.2) is 54.6 Å². The van der Waals surface area contributed by atoms with Crippen molar-refractivity contribution >= 4 is 5.91 Å². The van der Waals surface area contributed by atoms with Crippen molar-refractivity contribution in [2.75, 3.05) is 26.7 Å². The van der Waals surface area contributed by atoms with Gasteiger partial charge in [0.2, 0.25) is 5.91 Å². The summed E-state index contributed by atoms with van der Waals surface area (Å²) in [7, 11) is 2.09. The summed E-state index contributed by atoms with van der Waals surface area (Å²) in [5.74, 6) is -0.199. The molecule has 2 N–H and O–H groups in total. The minimum atomic E-state index is -0.383. The Labute approximate surface area is 160 Å². The van der Waals surface area contributed by atoms with Crippen molar-refractivity contribution in [3.05, 3.63) is 71.5 Å². The van der Waals surface area contributed by atoms with Crippen LogP contribution in [0, 0.1) is 5.82 Å². The van der Waals surface area contributed by atoms with E-state index in [-0.39, 0.29) is 30.2 Å². The van der Waals surface area contributed by atoms with Gasteiger partial charge in [-0.15, -0.1) is 0 Å². The number of rotatable bonds is 6. The van der Waals surface area contributed by atoms with Gasteiger partial charge in [-0.1, -0.05) is 48.5 Å². The van der Waals surface area contributed by atoms with Crippen LogP contribution in [0.1, 0.15) is 17.5 Å². The molecule has 2 aromatic rings. The Hall–Kier alpha value is -2.24. The second kappa shape index (κ2) is 9.11. The van der Waals surface area contributed by atoms with E-state index in [1.807, 2.05) is 23.1 Å². The van der Waals surface area contributed by atoms with Gasteiger partial charge >= 0.3 is 0 Å². The number of piperazine rings is 1. The van der Waals surface area contributed by atoms with E-state index in [0.717, 1.165) is 19.5 Å². The third-order valence-corrected chi connectivity index (χ3v) is 5.20. The van der Waals surface area contributed by atoms with E-state index in [4.69, 9.17) is 5.73 Å². The van der Waals surface area contributed by atoms with Crippen molar-refractivity contribution in [3.8, 4) is 0 Å². The number of likely N-dealkylation sites (N-methyl/N-ethyl adjacent to an activating group) is 1. The Balaban J connectivity index is 1.63. The molecule has 1 amide bonds. The molecule has 4 nitrogen and oxygen atoms in total. The van der Waals surface area contributed by atoms with E-state index in [9.17, 15) is 9.18 Å². The molecule has 144 valence electrons. The summed E-state index contributed by atoms with van der Waals surface area (Å²) in [5, 5.41) is 0. The Morgan fingerprint density at radius 3 is 2.59 bits per heavy atom. The number of benzene rings is 2. The lowest BCUT2D eigenvalue weighted by molar-refractivity contribution is -0.136. The van der Waals surface area contributed by atoms with Gasteiger partial charge in [-0.25, -0.2) is 4.39 Å². The van der Waals surface area contributed by atoms with E-state index in [1.165, 1.54) is 11.6 Å². The van der Waals surface area contributed by atoms with Gasteiger partial charge in [0.25, 0.3) is 0 Å². The average Bonchev–Trinajstić information content (AvgIpc) is 2.64. The molecule has 1 aliphatic rings. The maximum atomic E-state index is 13.8. The van der Waals surface area contributed by atoms with Crippen LogP contribution in [-0.2, 0) is 17.6 Å². The predicted molar refractivity (Wildman–Crippen MR) is 106 cm³/mol. The summed E-state index contributed by atoms with van der Waals surface area (Å²) in [6.45, 7) is 2.42. The molecule has 0 radical (unpaired) electrons. The first kappa shape index (κ1) is 19.5. The molecule has 1 aliphatic heterocycles. The topological polar surface area (TPSA) is 49.6 Å².